The Hall–Kier alpha value is -3.80. The maximum absolute atomic E-state index is 11.8. The standard InChI is InChI=1S/C26H22O6/c1-29-21(27)13-31-19-11-12-20(32-14-22(28)30-2)26-24-17-9-5-3-7-15(17)23(25(19)26)16-8-4-6-10-18(16)24/h3-12,23-24H,13-14H2,1-2H3. The SMILES string of the molecule is COC(=O)COc1ccc(OCC(=O)OC)c2c1C1c3ccccc3C2c2ccccc21. The molecule has 162 valence electrons. The van der Waals surface area contributed by atoms with Gasteiger partial charge < -0.3 is 18.9 Å². The first-order chi connectivity index (χ1) is 15.6. The topological polar surface area (TPSA) is 71.1 Å². The van der Waals surface area contributed by atoms with E-state index in [2.05, 4.69) is 24.3 Å². The first-order valence-electron chi connectivity index (χ1n) is 10.4. The van der Waals surface area contributed by atoms with E-state index in [-0.39, 0.29) is 25.0 Å². The summed E-state index contributed by atoms with van der Waals surface area (Å²) in [6.07, 6.45) is 0. The Balaban J connectivity index is 1.70. The van der Waals surface area contributed by atoms with Gasteiger partial charge in [-0.3, -0.25) is 0 Å². The van der Waals surface area contributed by atoms with Crippen LogP contribution in [-0.4, -0.2) is 39.4 Å². The largest absolute Gasteiger partial charge is 0.482 e. The number of esters is 2. The number of benzene rings is 3. The molecule has 0 heterocycles. The van der Waals surface area contributed by atoms with Crippen LogP contribution in [0.5, 0.6) is 11.5 Å². The Kier molecular flexibility index (Phi) is 5.05. The van der Waals surface area contributed by atoms with Crippen molar-refractivity contribution in [1.29, 1.82) is 0 Å². The molecule has 3 aromatic rings. The van der Waals surface area contributed by atoms with Crippen LogP contribution in [0.25, 0.3) is 0 Å². The Labute approximate surface area is 185 Å². The number of carbonyl (C=O) groups excluding carboxylic acids is 2. The van der Waals surface area contributed by atoms with Crippen LogP contribution in [0.2, 0.25) is 0 Å². The summed E-state index contributed by atoms with van der Waals surface area (Å²) in [5.74, 6) is 0.163. The van der Waals surface area contributed by atoms with Crippen LogP contribution in [0.15, 0.2) is 60.7 Å². The van der Waals surface area contributed by atoms with Gasteiger partial charge in [0.1, 0.15) is 11.5 Å². The third-order valence-corrected chi connectivity index (χ3v) is 6.17. The van der Waals surface area contributed by atoms with Gasteiger partial charge in [0.25, 0.3) is 0 Å². The average Bonchev–Trinajstić information content (AvgIpc) is 2.85. The van der Waals surface area contributed by atoms with Crippen LogP contribution >= 0.6 is 0 Å². The highest BCUT2D eigenvalue weighted by molar-refractivity contribution is 5.75. The van der Waals surface area contributed by atoms with E-state index in [1.165, 1.54) is 36.5 Å². The third kappa shape index (κ3) is 3.11. The van der Waals surface area contributed by atoms with E-state index >= 15 is 0 Å². The lowest BCUT2D eigenvalue weighted by Gasteiger charge is -2.43. The molecule has 0 saturated heterocycles. The molecule has 6 rings (SSSR count). The van der Waals surface area contributed by atoms with Crippen LogP contribution in [0.4, 0.5) is 0 Å². The fourth-order valence-corrected chi connectivity index (χ4v) is 4.87. The number of methoxy groups -OCH3 is 2. The summed E-state index contributed by atoms with van der Waals surface area (Å²) in [6.45, 7) is -0.377. The molecule has 3 aliphatic rings. The summed E-state index contributed by atoms with van der Waals surface area (Å²) in [5.41, 5.74) is 6.74. The van der Waals surface area contributed by atoms with Gasteiger partial charge in [0.2, 0.25) is 0 Å². The molecule has 0 radical (unpaired) electrons. The summed E-state index contributed by atoms with van der Waals surface area (Å²) >= 11 is 0. The van der Waals surface area contributed by atoms with Crippen molar-refractivity contribution in [2.45, 2.75) is 11.8 Å². The molecule has 0 N–H and O–H groups in total. The van der Waals surface area contributed by atoms with E-state index < -0.39 is 11.9 Å². The maximum atomic E-state index is 11.8. The van der Waals surface area contributed by atoms with Crippen molar-refractivity contribution in [1.82, 2.24) is 0 Å². The number of hydrogen-bond donors (Lipinski definition) is 0. The number of hydrogen-bond acceptors (Lipinski definition) is 6. The number of carbonyl (C=O) groups is 2. The summed E-state index contributed by atoms with van der Waals surface area (Å²) < 4.78 is 21.3. The van der Waals surface area contributed by atoms with Crippen molar-refractivity contribution in [2.75, 3.05) is 27.4 Å². The molecule has 0 atom stereocenters. The van der Waals surface area contributed by atoms with E-state index in [1.807, 2.05) is 24.3 Å². The summed E-state index contributed by atoms with van der Waals surface area (Å²) in [4.78, 5) is 23.5. The van der Waals surface area contributed by atoms with E-state index in [0.717, 1.165) is 11.1 Å². The second kappa shape index (κ2) is 8.04. The number of rotatable bonds is 6. The van der Waals surface area contributed by atoms with Crippen molar-refractivity contribution in [2.24, 2.45) is 0 Å². The lowest BCUT2D eigenvalue weighted by molar-refractivity contribution is -0.143. The lowest BCUT2D eigenvalue weighted by atomic mass is 9.60. The summed E-state index contributed by atoms with van der Waals surface area (Å²) in [6, 6.07) is 20.3. The minimum Gasteiger partial charge on any atom is -0.482 e. The van der Waals surface area contributed by atoms with Crippen LogP contribution in [-0.2, 0) is 19.1 Å². The van der Waals surface area contributed by atoms with Gasteiger partial charge in [-0.25, -0.2) is 9.59 Å². The zero-order chi connectivity index (χ0) is 22.2. The fraction of sp³-hybridized carbons (Fsp3) is 0.231. The van der Waals surface area contributed by atoms with Crippen molar-refractivity contribution in [3.05, 3.63) is 94.0 Å². The highest BCUT2D eigenvalue weighted by atomic mass is 16.6. The molecule has 0 aromatic heterocycles. The van der Waals surface area contributed by atoms with Crippen molar-refractivity contribution < 1.29 is 28.5 Å². The zero-order valence-electron chi connectivity index (χ0n) is 17.8. The van der Waals surface area contributed by atoms with Gasteiger partial charge in [-0.2, -0.15) is 0 Å². The number of ether oxygens (including phenoxy) is 4. The normalized spacial score (nSPS) is 16.9. The van der Waals surface area contributed by atoms with Gasteiger partial charge in [-0.15, -0.1) is 0 Å². The minimum atomic E-state index is -0.452. The van der Waals surface area contributed by atoms with Crippen molar-refractivity contribution in [3.8, 4) is 11.5 Å². The van der Waals surface area contributed by atoms with Crippen LogP contribution in [0.1, 0.15) is 45.2 Å². The molecule has 0 spiro atoms. The lowest BCUT2D eigenvalue weighted by Crippen LogP contribution is -2.29. The highest BCUT2D eigenvalue weighted by Gasteiger charge is 2.44. The quantitative estimate of drug-likeness (QED) is 0.382. The summed E-state index contributed by atoms with van der Waals surface area (Å²) in [7, 11) is 2.67. The van der Waals surface area contributed by atoms with E-state index in [4.69, 9.17) is 18.9 Å². The zero-order valence-corrected chi connectivity index (χ0v) is 17.8. The molecule has 2 bridgehead atoms. The van der Waals surface area contributed by atoms with Crippen LogP contribution in [0, 0.1) is 0 Å². The molecule has 32 heavy (non-hydrogen) atoms. The van der Waals surface area contributed by atoms with Crippen LogP contribution in [0.3, 0.4) is 0 Å². The molecule has 3 aliphatic carbocycles. The predicted molar refractivity (Wildman–Crippen MR) is 116 cm³/mol. The van der Waals surface area contributed by atoms with Gasteiger partial charge in [0.05, 0.1) is 14.2 Å². The fourth-order valence-electron chi connectivity index (χ4n) is 4.87. The van der Waals surface area contributed by atoms with E-state index in [9.17, 15) is 9.59 Å². The molecule has 0 amide bonds. The Morgan fingerprint density at radius 3 is 1.28 bits per heavy atom. The highest BCUT2D eigenvalue weighted by Crippen LogP contribution is 2.59. The maximum Gasteiger partial charge on any atom is 0.343 e. The van der Waals surface area contributed by atoms with Gasteiger partial charge in [-0.1, -0.05) is 48.5 Å². The van der Waals surface area contributed by atoms with Gasteiger partial charge in [-0.05, 0) is 34.4 Å². The first-order valence-corrected chi connectivity index (χ1v) is 10.4. The molecule has 0 fully saturated rings. The average molecular weight is 430 g/mol. The molecule has 6 nitrogen and oxygen atoms in total. The summed E-state index contributed by atoms with van der Waals surface area (Å²) in [5, 5.41) is 0. The van der Waals surface area contributed by atoms with Gasteiger partial charge in [0, 0.05) is 23.0 Å². The third-order valence-electron chi connectivity index (χ3n) is 6.17. The Bertz CT molecular complexity index is 1070. The van der Waals surface area contributed by atoms with Crippen molar-refractivity contribution >= 4 is 11.9 Å². The van der Waals surface area contributed by atoms with Gasteiger partial charge >= 0.3 is 11.9 Å². The predicted octanol–water partition coefficient (Wildman–Crippen LogP) is 3.78. The van der Waals surface area contributed by atoms with E-state index in [0.29, 0.717) is 11.5 Å². The minimum absolute atomic E-state index is 0.0725. The Morgan fingerprint density at radius 2 is 0.969 bits per heavy atom. The second-order valence-corrected chi connectivity index (χ2v) is 7.74. The van der Waals surface area contributed by atoms with Crippen molar-refractivity contribution in [3.63, 3.8) is 0 Å². The molecular weight excluding hydrogens is 408 g/mol. The van der Waals surface area contributed by atoms with Crippen LogP contribution < -0.4 is 9.47 Å². The molecule has 0 aliphatic heterocycles. The second-order valence-electron chi connectivity index (χ2n) is 7.74. The molecule has 6 heteroatoms. The monoisotopic (exact) mass is 430 g/mol. The van der Waals surface area contributed by atoms with Gasteiger partial charge in [0.15, 0.2) is 13.2 Å². The molecule has 3 aromatic carbocycles. The molecule has 0 unspecified atom stereocenters. The molecule has 0 saturated carbocycles. The van der Waals surface area contributed by atoms with E-state index in [1.54, 1.807) is 12.1 Å². The first kappa shape index (κ1) is 20.1. The Morgan fingerprint density at radius 1 is 0.625 bits per heavy atom. The smallest absolute Gasteiger partial charge is 0.343 e. The molecular formula is C26H22O6.